The lowest BCUT2D eigenvalue weighted by molar-refractivity contribution is 0.668. The molecule has 220 valence electrons. The number of benzene rings is 5. The van der Waals surface area contributed by atoms with E-state index in [0.717, 1.165) is 72.0 Å². The highest BCUT2D eigenvalue weighted by Gasteiger charge is 2.14. The molecule has 0 saturated carbocycles. The van der Waals surface area contributed by atoms with Gasteiger partial charge in [-0.25, -0.2) is 19.9 Å². The summed E-state index contributed by atoms with van der Waals surface area (Å²) in [6.07, 6.45) is 1.92. The van der Waals surface area contributed by atoms with Gasteiger partial charge in [-0.1, -0.05) is 103 Å². The van der Waals surface area contributed by atoms with Gasteiger partial charge in [-0.2, -0.15) is 0 Å². The fourth-order valence-corrected chi connectivity index (χ4v) is 5.97. The molecule has 5 aromatic carbocycles. The monoisotopic (exact) mass is 603 g/mol. The average Bonchev–Trinajstić information content (AvgIpc) is 3.53. The maximum atomic E-state index is 5.96. The van der Waals surface area contributed by atoms with Gasteiger partial charge in [-0.05, 0) is 59.0 Å². The number of aromatic nitrogens is 5. The van der Waals surface area contributed by atoms with Crippen molar-refractivity contribution >= 4 is 32.8 Å². The predicted octanol–water partition coefficient (Wildman–Crippen LogP) is 10.0. The fourth-order valence-electron chi connectivity index (χ4n) is 5.97. The summed E-state index contributed by atoms with van der Waals surface area (Å²) < 4.78 is 5.96. The molecule has 0 saturated heterocycles. The molecule has 9 rings (SSSR count). The summed E-state index contributed by atoms with van der Waals surface area (Å²) in [6.45, 7) is 0. The molecule has 0 radical (unpaired) electrons. The van der Waals surface area contributed by atoms with Crippen LogP contribution in [0.5, 0.6) is 0 Å². The Bertz CT molecular complexity index is 2520. The van der Waals surface area contributed by atoms with Gasteiger partial charge in [0.25, 0.3) is 0 Å². The van der Waals surface area contributed by atoms with E-state index in [1.54, 1.807) is 0 Å². The van der Waals surface area contributed by atoms with E-state index in [1.807, 2.05) is 115 Å². The van der Waals surface area contributed by atoms with Crippen LogP contribution in [-0.4, -0.2) is 24.9 Å². The van der Waals surface area contributed by atoms with Crippen molar-refractivity contribution in [2.75, 3.05) is 0 Å². The van der Waals surface area contributed by atoms with Gasteiger partial charge in [0.15, 0.2) is 23.1 Å². The van der Waals surface area contributed by atoms with Crippen LogP contribution in [0.4, 0.5) is 0 Å². The molecular weight excluding hydrogens is 578 g/mol. The second-order valence-corrected chi connectivity index (χ2v) is 11.4. The third kappa shape index (κ3) is 4.98. The van der Waals surface area contributed by atoms with E-state index in [4.69, 9.17) is 29.3 Å². The van der Waals surface area contributed by atoms with Gasteiger partial charge < -0.3 is 4.42 Å². The molecule has 9 aromatic rings. The summed E-state index contributed by atoms with van der Waals surface area (Å²) in [7, 11) is 0. The van der Waals surface area contributed by atoms with Crippen molar-refractivity contribution in [2.45, 2.75) is 0 Å². The van der Waals surface area contributed by atoms with E-state index in [-0.39, 0.29) is 0 Å². The Kier molecular flexibility index (Phi) is 6.35. The Morgan fingerprint density at radius 3 is 1.79 bits per heavy atom. The number of pyridine rings is 2. The highest BCUT2D eigenvalue weighted by molar-refractivity contribution is 6.03. The van der Waals surface area contributed by atoms with E-state index in [1.165, 1.54) is 0 Å². The lowest BCUT2D eigenvalue weighted by Crippen LogP contribution is -2.00. The van der Waals surface area contributed by atoms with Crippen LogP contribution in [0.1, 0.15) is 0 Å². The molecule has 6 nitrogen and oxygen atoms in total. The second-order valence-electron chi connectivity index (χ2n) is 11.4. The number of para-hydroxylation sites is 1. The summed E-state index contributed by atoms with van der Waals surface area (Å²) in [5.41, 5.74) is 9.03. The molecule has 0 unspecified atom stereocenters. The molecule has 0 aliphatic carbocycles. The van der Waals surface area contributed by atoms with Gasteiger partial charge in [0.2, 0.25) is 0 Å². The minimum atomic E-state index is 0.626. The number of fused-ring (bicyclic) bond motifs is 4. The molecular formula is C41H25N5O. The summed E-state index contributed by atoms with van der Waals surface area (Å²) in [5.74, 6) is 1.91. The normalized spacial score (nSPS) is 11.4. The summed E-state index contributed by atoms with van der Waals surface area (Å²) in [6, 6.07) is 48.8. The Balaban J connectivity index is 1.08. The van der Waals surface area contributed by atoms with Crippen LogP contribution < -0.4 is 0 Å². The number of furan rings is 1. The van der Waals surface area contributed by atoms with Crippen molar-refractivity contribution in [1.29, 1.82) is 0 Å². The van der Waals surface area contributed by atoms with E-state index in [0.29, 0.717) is 17.5 Å². The molecule has 47 heavy (non-hydrogen) atoms. The molecule has 6 heteroatoms. The molecule has 0 atom stereocenters. The molecule has 4 aromatic heterocycles. The third-order valence-electron chi connectivity index (χ3n) is 8.36. The Morgan fingerprint density at radius 1 is 0.383 bits per heavy atom. The quantitative estimate of drug-likeness (QED) is 0.195. The minimum Gasteiger partial charge on any atom is -0.454 e. The van der Waals surface area contributed by atoms with Crippen LogP contribution in [0, 0.1) is 0 Å². The van der Waals surface area contributed by atoms with E-state index < -0.39 is 0 Å². The second kappa shape index (κ2) is 11.1. The van der Waals surface area contributed by atoms with Gasteiger partial charge in [-0.15, -0.1) is 0 Å². The highest BCUT2D eigenvalue weighted by atomic mass is 16.3. The van der Waals surface area contributed by atoms with Gasteiger partial charge in [0.05, 0.1) is 11.4 Å². The zero-order valence-corrected chi connectivity index (χ0v) is 25.1. The number of hydrogen-bond donors (Lipinski definition) is 0. The first-order chi connectivity index (χ1) is 23.2. The lowest BCUT2D eigenvalue weighted by atomic mass is 9.99. The van der Waals surface area contributed by atoms with Crippen LogP contribution in [0.2, 0.25) is 0 Å². The van der Waals surface area contributed by atoms with E-state index in [2.05, 4.69) is 36.4 Å². The van der Waals surface area contributed by atoms with Crippen LogP contribution in [0.3, 0.4) is 0 Å². The smallest absolute Gasteiger partial charge is 0.164 e. The summed E-state index contributed by atoms with van der Waals surface area (Å²) in [4.78, 5) is 24.4. The molecule has 0 aliphatic rings. The Labute approximate surface area is 270 Å². The molecule has 0 bridgehead atoms. The first-order valence-corrected chi connectivity index (χ1v) is 15.4. The summed E-state index contributed by atoms with van der Waals surface area (Å²) in [5, 5.41) is 3.14. The predicted molar refractivity (Wildman–Crippen MR) is 187 cm³/mol. The van der Waals surface area contributed by atoms with Crippen molar-refractivity contribution < 1.29 is 4.42 Å². The first kappa shape index (κ1) is 26.8. The van der Waals surface area contributed by atoms with Crippen LogP contribution in [-0.2, 0) is 0 Å². The Hall–Kier alpha value is -6.53. The molecule has 0 fully saturated rings. The van der Waals surface area contributed by atoms with Crippen LogP contribution >= 0.6 is 0 Å². The van der Waals surface area contributed by atoms with Gasteiger partial charge in [0.1, 0.15) is 11.1 Å². The first-order valence-electron chi connectivity index (χ1n) is 15.4. The van der Waals surface area contributed by atoms with E-state index in [9.17, 15) is 0 Å². The number of rotatable bonds is 5. The fraction of sp³-hybridized carbons (Fsp3) is 0. The highest BCUT2D eigenvalue weighted by Crippen LogP contribution is 2.32. The zero-order chi connectivity index (χ0) is 31.2. The molecule has 4 heterocycles. The SMILES string of the molecule is c1ccc(-c2nc(-c3ccccc3)nc(-c3cccc(-c4ccc5cc(-c6ccc7oc8ccccc8c7n6)ncc5c4)c3)n2)cc1. The van der Waals surface area contributed by atoms with Crippen molar-refractivity contribution in [3.63, 3.8) is 0 Å². The summed E-state index contributed by atoms with van der Waals surface area (Å²) >= 11 is 0. The standard InChI is InChI=1S/C41H25N5O/c1-3-10-26(11-4-1)39-44-40(27-12-5-2-6-13-27)46-41(45-39)31-15-9-14-28(22-31)29-18-19-30-24-35(42-25-32(30)23-29)34-20-21-37-38(43-34)33-16-7-8-17-36(33)47-37/h1-25H. The van der Waals surface area contributed by atoms with E-state index >= 15 is 0 Å². The average molecular weight is 604 g/mol. The Morgan fingerprint density at radius 2 is 1.02 bits per heavy atom. The van der Waals surface area contributed by atoms with Crippen molar-refractivity contribution in [3.05, 3.63) is 152 Å². The van der Waals surface area contributed by atoms with Crippen molar-refractivity contribution in [1.82, 2.24) is 24.9 Å². The number of nitrogens with zero attached hydrogens (tertiary/aromatic N) is 5. The maximum Gasteiger partial charge on any atom is 0.164 e. The van der Waals surface area contributed by atoms with Gasteiger partial charge in [-0.3, -0.25) is 4.98 Å². The van der Waals surface area contributed by atoms with Crippen molar-refractivity contribution in [3.8, 4) is 56.7 Å². The van der Waals surface area contributed by atoms with Gasteiger partial charge >= 0.3 is 0 Å². The molecule has 0 N–H and O–H groups in total. The molecule has 0 aliphatic heterocycles. The largest absolute Gasteiger partial charge is 0.454 e. The van der Waals surface area contributed by atoms with Crippen LogP contribution in [0.25, 0.3) is 89.5 Å². The van der Waals surface area contributed by atoms with Gasteiger partial charge in [0, 0.05) is 33.7 Å². The minimum absolute atomic E-state index is 0.626. The zero-order valence-electron chi connectivity index (χ0n) is 25.1. The molecule has 0 spiro atoms. The lowest BCUT2D eigenvalue weighted by Gasteiger charge is -2.10. The van der Waals surface area contributed by atoms with Crippen molar-refractivity contribution in [2.24, 2.45) is 0 Å². The number of hydrogen-bond acceptors (Lipinski definition) is 6. The van der Waals surface area contributed by atoms with Crippen LogP contribution in [0.15, 0.2) is 156 Å². The topological polar surface area (TPSA) is 77.6 Å². The third-order valence-corrected chi connectivity index (χ3v) is 8.36. The molecule has 0 amide bonds. The maximum absolute atomic E-state index is 5.96.